The van der Waals surface area contributed by atoms with Crippen molar-refractivity contribution in [3.63, 3.8) is 0 Å². The van der Waals surface area contributed by atoms with Gasteiger partial charge >= 0.3 is 0 Å². The van der Waals surface area contributed by atoms with Crippen molar-refractivity contribution in [1.82, 2.24) is 10.2 Å². The Kier molecular flexibility index (Phi) is 5.86. The lowest BCUT2D eigenvalue weighted by Crippen LogP contribution is -2.48. The summed E-state index contributed by atoms with van der Waals surface area (Å²) in [7, 11) is 1.83. The molecule has 2 N–H and O–H groups in total. The summed E-state index contributed by atoms with van der Waals surface area (Å²) in [6.45, 7) is 7.50. The van der Waals surface area contributed by atoms with Gasteiger partial charge in [-0.2, -0.15) is 0 Å². The van der Waals surface area contributed by atoms with Gasteiger partial charge in [-0.1, -0.05) is 13.8 Å². The van der Waals surface area contributed by atoms with Crippen LogP contribution in [0.15, 0.2) is 18.2 Å². The number of amides is 2. The zero-order valence-electron chi connectivity index (χ0n) is 16.6. The van der Waals surface area contributed by atoms with E-state index in [-0.39, 0.29) is 18.4 Å². The van der Waals surface area contributed by atoms with Crippen molar-refractivity contribution in [1.29, 1.82) is 0 Å². The molecule has 1 aromatic carbocycles. The van der Waals surface area contributed by atoms with Gasteiger partial charge < -0.3 is 20.2 Å². The van der Waals surface area contributed by atoms with Crippen molar-refractivity contribution in [3.8, 4) is 0 Å². The van der Waals surface area contributed by atoms with Gasteiger partial charge in [-0.3, -0.25) is 9.59 Å². The molecule has 1 saturated heterocycles. The quantitative estimate of drug-likeness (QED) is 0.797. The predicted molar refractivity (Wildman–Crippen MR) is 106 cm³/mol. The predicted octanol–water partition coefficient (Wildman–Crippen LogP) is 1.76. The molecule has 0 saturated carbocycles. The van der Waals surface area contributed by atoms with Crippen LogP contribution in [0.2, 0.25) is 0 Å². The first-order valence-electron chi connectivity index (χ1n) is 9.93. The number of likely N-dealkylation sites (N-methyl/N-ethyl adjacent to an activating group) is 1. The average Bonchev–Trinajstić information content (AvgIpc) is 2.87. The molecule has 1 aromatic rings. The van der Waals surface area contributed by atoms with Gasteiger partial charge in [-0.05, 0) is 62.0 Å². The number of carbonyl (C=O) groups excluding carboxylic acids is 2. The molecule has 6 heteroatoms. The highest BCUT2D eigenvalue weighted by Gasteiger charge is 2.51. The Labute approximate surface area is 161 Å². The fourth-order valence-electron chi connectivity index (χ4n) is 4.23. The number of hydrogen-bond donors (Lipinski definition) is 2. The number of likely N-dealkylation sites (tertiary alicyclic amines) is 1. The summed E-state index contributed by atoms with van der Waals surface area (Å²) < 4.78 is 0. The number of nitrogens with zero attached hydrogens (tertiary/aromatic N) is 2. The maximum atomic E-state index is 13.1. The lowest BCUT2D eigenvalue weighted by Gasteiger charge is -2.38. The van der Waals surface area contributed by atoms with E-state index in [1.807, 2.05) is 25.2 Å². The van der Waals surface area contributed by atoms with Crippen molar-refractivity contribution < 1.29 is 14.7 Å². The topological polar surface area (TPSA) is 72.9 Å². The molecule has 0 atom stereocenters. The highest BCUT2D eigenvalue weighted by molar-refractivity contribution is 6.09. The number of benzene rings is 1. The van der Waals surface area contributed by atoms with Crippen LogP contribution in [0.5, 0.6) is 0 Å². The number of piperidine rings is 1. The van der Waals surface area contributed by atoms with E-state index in [0.717, 1.165) is 50.1 Å². The summed E-state index contributed by atoms with van der Waals surface area (Å²) in [5, 5.41) is 12.0. The summed E-state index contributed by atoms with van der Waals surface area (Å²) in [4.78, 5) is 29.7. The van der Waals surface area contributed by atoms with Crippen molar-refractivity contribution >= 4 is 17.5 Å². The molecule has 27 heavy (non-hydrogen) atoms. The van der Waals surface area contributed by atoms with Crippen LogP contribution in [-0.4, -0.2) is 61.7 Å². The van der Waals surface area contributed by atoms with Crippen molar-refractivity contribution in [3.05, 3.63) is 29.3 Å². The standard InChI is InChI=1S/C21H31N3O3/c1-15(2)14-22-19(26)16-5-6-18-17(13-16)21(20(27)23(18)3)7-10-24(11-8-21)9-4-12-25/h5-6,13,15,25H,4,7-12,14H2,1-3H3,(H,22,26). The Morgan fingerprint density at radius 3 is 2.63 bits per heavy atom. The van der Waals surface area contributed by atoms with Gasteiger partial charge in [0.1, 0.15) is 0 Å². The van der Waals surface area contributed by atoms with Crippen LogP contribution in [0.4, 0.5) is 5.69 Å². The Morgan fingerprint density at radius 2 is 2.00 bits per heavy atom. The molecule has 6 nitrogen and oxygen atoms in total. The second kappa shape index (κ2) is 7.98. The number of nitrogens with one attached hydrogen (secondary N) is 1. The lowest BCUT2D eigenvalue weighted by atomic mass is 9.73. The largest absolute Gasteiger partial charge is 0.396 e. The van der Waals surface area contributed by atoms with Gasteiger partial charge in [-0.25, -0.2) is 0 Å². The third kappa shape index (κ3) is 3.73. The molecule has 2 heterocycles. The molecule has 2 amide bonds. The SMILES string of the molecule is CC(C)CNC(=O)c1ccc2c(c1)C1(CCN(CCCO)CC1)C(=O)N2C. The van der Waals surface area contributed by atoms with Gasteiger partial charge in [0.05, 0.1) is 5.41 Å². The van der Waals surface area contributed by atoms with Crippen LogP contribution in [0.3, 0.4) is 0 Å². The molecule has 148 valence electrons. The number of hydrogen-bond acceptors (Lipinski definition) is 4. The molecule has 0 unspecified atom stereocenters. The Hall–Kier alpha value is -1.92. The Morgan fingerprint density at radius 1 is 1.30 bits per heavy atom. The molecule has 0 aromatic heterocycles. The Balaban J connectivity index is 1.84. The normalized spacial score (nSPS) is 19.0. The van der Waals surface area contributed by atoms with E-state index >= 15 is 0 Å². The summed E-state index contributed by atoms with van der Waals surface area (Å²) >= 11 is 0. The van der Waals surface area contributed by atoms with Crippen molar-refractivity contribution in [2.45, 2.75) is 38.5 Å². The lowest BCUT2D eigenvalue weighted by molar-refractivity contribution is -0.124. The fraction of sp³-hybridized carbons (Fsp3) is 0.619. The molecule has 1 spiro atoms. The van der Waals surface area contributed by atoms with Gasteiger partial charge in [0.25, 0.3) is 5.91 Å². The van der Waals surface area contributed by atoms with E-state index in [1.165, 1.54) is 0 Å². The van der Waals surface area contributed by atoms with E-state index in [4.69, 9.17) is 5.11 Å². The molecule has 1 fully saturated rings. The van der Waals surface area contributed by atoms with Gasteiger partial charge in [0.15, 0.2) is 0 Å². The van der Waals surface area contributed by atoms with Crippen LogP contribution in [0.1, 0.15) is 49.0 Å². The van der Waals surface area contributed by atoms with Crippen molar-refractivity contribution in [2.75, 3.05) is 44.7 Å². The van der Waals surface area contributed by atoms with Crippen LogP contribution in [-0.2, 0) is 10.2 Å². The molecular formula is C21H31N3O3. The van der Waals surface area contributed by atoms with Crippen LogP contribution in [0, 0.1) is 5.92 Å². The first-order chi connectivity index (χ1) is 12.9. The third-order valence-corrected chi connectivity index (χ3v) is 5.86. The maximum Gasteiger partial charge on any atom is 0.251 e. The molecule has 2 aliphatic rings. The van der Waals surface area contributed by atoms with Crippen LogP contribution >= 0.6 is 0 Å². The summed E-state index contributed by atoms with van der Waals surface area (Å²) in [6, 6.07) is 5.65. The molecule has 3 rings (SSSR count). The average molecular weight is 373 g/mol. The number of anilines is 1. The van der Waals surface area contributed by atoms with Crippen molar-refractivity contribution in [2.24, 2.45) is 5.92 Å². The summed E-state index contributed by atoms with van der Waals surface area (Å²) in [5.74, 6) is 0.453. The zero-order valence-corrected chi connectivity index (χ0v) is 16.6. The first kappa shape index (κ1) is 19.8. The molecule has 0 bridgehead atoms. The monoisotopic (exact) mass is 373 g/mol. The zero-order chi connectivity index (χ0) is 19.6. The fourth-order valence-corrected chi connectivity index (χ4v) is 4.23. The Bertz CT molecular complexity index is 709. The van der Waals surface area contributed by atoms with E-state index in [0.29, 0.717) is 18.0 Å². The molecule has 0 aliphatic carbocycles. The maximum absolute atomic E-state index is 13.1. The van der Waals surface area contributed by atoms with E-state index in [1.54, 1.807) is 4.90 Å². The van der Waals surface area contributed by atoms with Gasteiger partial charge in [0, 0.05) is 38.0 Å². The highest BCUT2D eigenvalue weighted by Crippen LogP contribution is 2.47. The highest BCUT2D eigenvalue weighted by atomic mass is 16.3. The number of carbonyl (C=O) groups is 2. The minimum absolute atomic E-state index is 0.0796. The summed E-state index contributed by atoms with van der Waals surface area (Å²) in [6.07, 6.45) is 2.27. The number of aliphatic hydroxyl groups excluding tert-OH is 1. The second-order valence-corrected chi connectivity index (χ2v) is 8.20. The molecule has 2 aliphatic heterocycles. The van der Waals surface area contributed by atoms with E-state index in [2.05, 4.69) is 24.1 Å². The van der Waals surface area contributed by atoms with Crippen LogP contribution in [0.25, 0.3) is 0 Å². The molecule has 0 radical (unpaired) electrons. The minimum Gasteiger partial charge on any atom is -0.396 e. The van der Waals surface area contributed by atoms with Gasteiger partial charge in [0.2, 0.25) is 5.91 Å². The first-order valence-corrected chi connectivity index (χ1v) is 9.93. The number of fused-ring (bicyclic) bond motifs is 2. The van der Waals surface area contributed by atoms with E-state index < -0.39 is 5.41 Å². The third-order valence-electron chi connectivity index (χ3n) is 5.86. The summed E-state index contributed by atoms with van der Waals surface area (Å²) in [5.41, 5.74) is 2.02. The van der Waals surface area contributed by atoms with E-state index in [9.17, 15) is 9.59 Å². The number of rotatable bonds is 6. The van der Waals surface area contributed by atoms with Crippen LogP contribution < -0.4 is 10.2 Å². The van der Waals surface area contributed by atoms with Gasteiger partial charge in [-0.15, -0.1) is 0 Å². The smallest absolute Gasteiger partial charge is 0.251 e. The molecular weight excluding hydrogens is 342 g/mol. The number of aliphatic hydroxyl groups is 1. The second-order valence-electron chi connectivity index (χ2n) is 8.20. The minimum atomic E-state index is -0.520.